The van der Waals surface area contributed by atoms with Crippen molar-refractivity contribution in [2.75, 3.05) is 12.4 Å². The molecule has 0 aliphatic rings. The summed E-state index contributed by atoms with van der Waals surface area (Å²) in [4.78, 5) is 12.7. The fourth-order valence-corrected chi connectivity index (χ4v) is 2.96. The van der Waals surface area contributed by atoms with Crippen molar-refractivity contribution in [3.63, 3.8) is 0 Å². The van der Waals surface area contributed by atoms with E-state index in [4.69, 9.17) is 14.2 Å². The van der Waals surface area contributed by atoms with Crippen molar-refractivity contribution in [1.29, 1.82) is 0 Å². The lowest BCUT2D eigenvalue weighted by atomic mass is 10.2. The lowest BCUT2D eigenvalue weighted by molar-refractivity contribution is 0.102. The highest BCUT2D eigenvalue weighted by Crippen LogP contribution is 2.32. The standard InChI is InChI=1S/C26H21NO4/c1-29-21-14-12-19(13-15-21)26(28)27-20-16-24(30-22-8-4-2-5-9-22)18-25(17-20)31-23-10-6-3-7-11-23/h2-18H,1H3,(H,27,28). The molecule has 5 nitrogen and oxygen atoms in total. The van der Waals surface area contributed by atoms with Crippen LogP contribution in [0.5, 0.6) is 28.7 Å². The number of methoxy groups -OCH3 is 1. The third-order valence-electron chi connectivity index (χ3n) is 4.45. The Morgan fingerprint density at radius 2 is 1.13 bits per heavy atom. The number of carbonyl (C=O) groups is 1. The van der Waals surface area contributed by atoms with Gasteiger partial charge in [-0.2, -0.15) is 0 Å². The number of amides is 1. The number of nitrogens with one attached hydrogen (secondary N) is 1. The van der Waals surface area contributed by atoms with Gasteiger partial charge < -0.3 is 19.5 Å². The van der Waals surface area contributed by atoms with Crippen molar-refractivity contribution in [2.45, 2.75) is 0 Å². The molecule has 0 aromatic heterocycles. The van der Waals surface area contributed by atoms with E-state index >= 15 is 0 Å². The van der Waals surface area contributed by atoms with Gasteiger partial charge in [0.1, 0.15) is 28.7 Å². The molecule has 0 atom stereocenters. The lowest BCUT2D eigenvalue weighted by Crippen LogP contribution is -2.11. The van der Waals surface area contributed by atoms with Crippen LogP contribution in [-0.2, 0) is 0 Å². The van der Waals surface area contributed by atoms with Gasteiger partial charge in [-0.15, -0.1) is 0 Å². The molecule has 5 heteroatoms. The van der Waals surface area contributed by atoms with Gasteiger partial charge in [-0.1, -0.05) is 36.4 Å². The Kier molecular flexibility index (Phi) is 6.14. The van der Waals surface area contributed by atoms with E-state index in [0.717, 1.165) is 0 Å². The first-order valence-electron chi connectivity index (χ1n) is 9.76. The Labute approximate surface area is 180 Å². The van der Waals surface area contributed by atoms with Crippen molar-refractivity contribution < 1.29 is 19.0 Å². The molecule has 0 aliphatic carbocycles. The van der Waals surface area contributed by atoms with Gasteiger partial charge in [0.2, 0.25) is 0 Å². The summed E-state index contributed by atoms with van der Waals surface area (Å²) in [5.74, 6) is 2.91. The molecule has 1 amide bonds. The van der Waals surface area contributed by atoms with E-state index in [9.17, 15) is 4.79 Å². The van der Waals surface area contributed by atoms with E-state index in [1.165, 1.54) is 0 Å². The minimum atomic E-state index is -0.245. The molecular weight excluding hydrogens is 390 g/mol. The van der Waals surface area contributed by atoms with Gasteiger partial charge in [0, 0.05) is 29.4 Å². The van der Waals surface area contributed by atoms with Crippen LogP contribution in [0.15, 0.2) is 103 Å². The smallest absolute Gasteiger partial charge is 0.255 e. The SMILES string of the molecule is COc1ccc(C(=O)Nc2cc(Oc3ccccc3)cc(Oc3ccccc3)c2)cc1. The monoisotopic (exact) mass is 411 g/mol. The van der Waals surface area contributed by atoms with Crippen LogP contribution in [0.3, 0.4) is 0 Å². The first-order chi connectivity index (χ1) is 15.2. The maximum absolute atomic E-state index is 12.7. The first-order valence-corrected chi connectivity index (χ1v) is 9.76. The van der Waals surface area contributed by atoms with E-state index in [0.29, 0.717) is 40.0 Å². The maximum Gasteiger partial charge on any atom is 0.255 e. The van der Waals surface area contributed by atoms with Gasteiger partial charge in [0.25, 0.3) is 5.91 Å². The maximum atomic E-state index is 12.7. The van der Waals surface area contributed by atoms with Crippen LogP contribution in [-0.4, -0.2) is 13.0 Å². The Hall–Kier alpha value is -4.25. The number of para-hydroxylation sites is 2. The summed E-state index contributed by atoms with van der Waals surface area (Å²) in [5.41, 5.74) is 1.07. The van der Waals surface area contributed by atoms with Gasteiger partial charge in [-0.25, -0.2) is 0 Å². The molecule has 4 aromatic rings. The van der Waals surface area contributed by atoms with E-state index < -0.39 is 0 Å². The fraction of sp³-hybridized carbons (Fsp3) is 0.0385. The van der Waals surface area contributed by atoms with E-state index in [1.807, 2.05) is 60.7 Å². The van der Waals surface area contributed by atoms with Crippen LogP contribution in [0.1, 0.15) is 10.4 Å². The Morgan fingerprint density at radius 1 is 0.613 bits per heavy atom. The summed E-state index contributed by atoms with van der Waals surface area (Å²) in [6.07, 6.45) is 0. The number of hydrogen-bond donors (Lipinski definition) is 1. The molecule has 0 fully saturated rings. The molecule has 0 bridgehead atoms. The Morgan fingerprint density at radius 3 is 1.61 bits per heavy atom. The topological polar surface area (TPSA) is 56.8 Å². The lowest BCUT2D eigenvalue weighted by Gasteiger charge is -2.13. The third kappa shape index (κ3) is 5.42. The van der Waals surface area contributed by atoms with Crippen molar-refractivity contribution in [3.05, 3.63) is 109 Å². The second-order valence-electron chi connectivity index (χ2n) is 6.71. The molecule has 4 rings (SSSR count). The van der Waals surface area contributed by atoms with Gasteiger partial charge >= 0.3 is 0 Å². The first kappa shape index (κ1) is 20.0. The van der Waals surface area contributed by atoms with Gasteiger partial charge in [-0.05, 0) is 48.5 Å². The zero-order valence-electron chi connectivity index (χ0n) is 16.9. The van der Waals surface area contributed by atoms with Crippen LogP contribution < -0.4 is 19.5 Å². The normalized spacial score (nSPS) is 10.2. The highest BCUT2D eigenvalue weighted by atomic mass is 16.5. The molecule has 0 saturated carbocycles. The number of rotatable bonds is 7. The molecule has 154 valence electrons. The van der Waals surface area contributed by atoms with E-state index in [2.05, 4.69) is 5.32 Å². The molecule has 0 aliphatic heterocycles. The number of hydrogen-bond acceptors (Lipinski definition) is 4. The van der Waals surface area contributed by atoms with Crippen LogP contribution in [0.25, 0.3) is 0 Å². The molecule has 1 N–H and O–H groups in total. The fourth-order valence-electron chi connectivity index (χ4n) is 2.96. The molecular formula is C26H21NO4. The molecule has 31 heavy (non-hydrogen) atoms. The Bertz CT molecular complexity index is 1080. The highest BCUT2D eigenvalue weighted by molar-refractivity contribution is 6.04. The number of anilines is 1. The largest absolute Gasteiger partial charge is 0.497 e. The van der Waals surface area contributed by atoms with Gasteiger partial charge in [0.15, 0.2) is 0 Å². The average Bonchev–Trinajstić information content (AvgIpc) is 2.80. The number of ether oxygens (including phenoxy) is 3. The van der Waals surface area contributed by atoms with Crippen LogP contribution in [0, 0.1) is 0 Å². The van der Waals surface area contributed by atoms with Crippen molar-refractivity contribution in [3.8, 4) is 28.7 Å². The van der Waals surface area contributed by atoms with Crippen LogP contribution in [0.2, 0.25) is 0 Å². The zero-order valence-corrected chi connectivity index (χ0v) is 16.9. The molecule has 0 saturated heterocycles. The van der Waals surface area contributed by atoms with Crippen molar-refractivity contribution in [1.82, 2.24) is 0 Å². The van der Waals surface area contributed by atoms with Crippen LogP contribution >= 0.6 is 0 Å². The summed E-state index contributed by atoms with van der Waals surface area (Å²) >= 11 is 0. The van der Waals surface area contributed by atoms with Crippen molar-refractivity contribution >= 4 is 11.6 Å². The summed E-state index contributed by atoms with van der Waals surface area (Å²) in [7, 11) is 1.58. The Balaban J connectivity index is 1.60. The van der Waals surface area contributed by atoms with E-state index in [1.54, 1.807) is 49.6 Å². The van der Waals surface area contributed by atoms with Gasteiger partial charge in [0.05, 0.1) is 7.11 Å². The highest BCUT2D eigenvalue weighted by Gasteiger charge is 2.10. The molecule has 4 aromatic carbocycles. The van der Waals surface area contributed by atoms with Crippen molar-refractivity contribution in [2.24, 2.45) is 0 Å². The van der Waals surface area contributed by atoms with Gasteiger partial charge in [-0.3, -0.25) is 4.79 Å². The number of carbonyl (C=O) groups excluding carboxylic acids is 1. The second kappa shape index (κ2) is 9.50. The summed E-state index contributed by atoms with van der Waals surface area (Å²) in [6, 6.07) is 31.1. The molecule has 0 unspecified atom stereocenters. The zero-order chi connectivity index (χ0) is 21.5. The predicted molar refractivity (Wildman–Crippen MR) is 120 cm³/mol. The van der Waals surface area contributed by atoms with E-state index in [-0.39, 0.29) is 5.91 Å². The van der Waals surface area contributed by atoms with Crippen LogP contribution in [0.4, 0.5) is 5.69 Å². The third-order valence-corrected chi connectivity index (χ3v) is 4.45. The quantitative estimate of drug-likeness (QED) is 0.375. The molecule has 0 spiro atoms. The molecule has 0 heterocycles. The second-order valence-corrected chi connectivity index (χ2v) is 6.71. The minimum Gasteiger partial charge on any atom is -0.497 e. The average molecular weight is 411 g/mol. The summed E-state index contributed by atoms with van der Waals surface area (Å²) in [6.45, 7) is 0. The summed E-state index contributed by atoms with van der Waals surface area (Å²) in [5, 5.41) is 2.91. The minimum absolute atomic E-state index is 0.245. The predicted octanol–water partition coefficient (Wildman–Crippen LogP) is 6.53. The number of benzene rings is 4. The summed E-state index contributed by atoms with van der Waals surface area (Å²) < 4.78 is 17.1. The molecule has 0 radical (unpaired) electrons.